The molecule has 0 saturated carbocycles. The van der Waals surface area contributed by atoms with Crippen molar-refractivity contribution >= 4 is 22.8 Å². The number of benzene rings is 1. The van der Waals surface area contributed by atoms with Crippen molar-refractivity contribution in [3.63, 3.8) is 0 Å². The summed E-state index contributed by atoms with van der Waals surface area (Å²) in [5.74, 6) is 1.24. The van der Waals surface area contributed by atoms with Gasteiger partial charge in [0.1, 0.15) is 17.5 Å². The van der Waals surface area contributed by atoms with E-state index >= 15 is 0 Å². The van der Waals surface area contributed by atoms with Crippen LogP contribution in [0.3, 0.4) is 0 Å². The van der Waals surface area contributed by atoms with Crippen LogP contribution in [0.5, 0.6) is 0 Å². The smallest absolute Gasteiger partial charge is 0.263 e. The Bertz CT molecular complexity index is 1020. The number of aromatic nitrogens is 3. The Labute approximate surface area is 163 Å². The van der Waals surface area contributed by atoms with E-state index in [0.717, 1.165) is 62.3 Å². The van der Waals surface area contributed by atoms with E-state index in [2.05, 4.69) is 44.3 Å². The molecule has 0 unspecified atom stereocenters. The van der Waals surface area contributed by atoms with Crippen molar-refractivity contribution in [2.24, 2.45) is 5.92 Å². The Hall–Kier alpha value is -2.96. The number of nitrogens with zero attached hydrogens (tertiary/aromatic N) is 5. The van der Waals surface area contributed by atoms with Gasteiger partial charge in [-0.15, -0.1) is 0 Å². The SMILES string of the molecule is Cc1noc2ncnc(N3CCC(C(=O)N4CCc5ccccc5C4)CC3)c12. The van der Waals surface area contributed by atoms with E-state index in [4.69, 9.17) is 4.52 Å². The van der Waals surface area contributed by atoms with E-state index in [1.165, 1.54) is 17.5 Å². The fourth-order valence-corrected chi connectivity index (χ4v) is 4.42. The van der Waals surface area contributed by atoms with Crippen LogP contribution in [0.25, 0.3) is 11.1 Å². The summed E-state index contributed by atoms with van der Waals surface area (Å²) in [6, 6.07) is 8.44. The van der Waals surface area contributed by atoms with Crippen LogP contribution in [0.2, 0.25) is 0 Å². The van der Waals surface area contributed by atoms with Crippen LogP contribution < -0.4 is 4.90 Å². The Morgan fingerprint density at radius 3 is 2.71 bits per heavy atom. The molecule has 1 saturated heterocycles. The van der Waals surface area contributed by atoms with Crippen molar-refractivity contribution in [2.75, 3.05) is 24.5 Å². The van der Waals surface area contributed by atoms with Crippen molar-refractivity contribution < 1.29 is 9.32 Å². The summed E-state index contributed by atoms with van der Waals surface area (Å²) in [6.07, 6.45) is 4.15. The van der Waals surface area contributed by atoms with E-state index in [1.807, 2.05) is 11.8 Å². The van der Waals surface area contributed by atoms with Gasteiger partial charge in [0, 0.05) is 32.1 Å². The summed E-state index contributed by atoms with van der Waals surface area (Å²) in [5, 5.41) is 4.88. The number of carbonyl (C=O) groups excluding carboxylic acids is 1. The lowest BCUT2D eigenvalue weighted by Crippen LogP contribution is -2.44. The molecule has 0 radical (unpaired) electrons. The third-order valence-electron chi connectivity index (χ3n) is 6.01. The van der Waals surface area contributed by atoms with Gasteiger partial charge in [0.2, 0.25) is 5.91 Å². The van der Waals surface area contributed by atoms with Crippen molar-refractivity contribution in [1.82, 2.24) is 20.0 Å². The highest BCUT2D eigenvalue weighted by molar-refractivity contribution is 5.88. The van der Waals surface area contributed by atoms with Gasteiger partial charge in [-0.3, -0.25) is 4.79 Å². The Kier molecular flexibility index (Phi) is 4.22. The summed E-state index contributed by atoms with van der Waals surface area (Å²) in [5.41, 5.74) is 3.98. The number of hydrogen-bond acceptors (Lipinski definition) is 6. The minimum Gasteiger partial charge on any atom is -0.356 e. The first-order valence-electron chi connectivity index (χ1n) is 9.88. The Balaban J connectivity index is 1.27. The molecular formula is C21H23N5O2. The number of aryl methyl sites for hydroxylation is 1. The number of fused-ring (bicyclic) bond motifs is 2. The lowest BCUT2D eigenvalue weighted by atomic mass is 9.93. The lowest BCUT2D eigenvalue weighted by molar-refractivity contribution is -0.137. The van der Waals surface area contributed by atoms with Gasteiger partial charge in [-0.05, 0) is 37.3 Å². The van der Waals surface area contributed by atoms with Gasteiger partial charge < -0.3 is 14.3 Å². The molecule has 0 atom stereocenters. The maximum absolute atomic E-state index is 13.1. The van der Waals surface area contributed by atoms with Gasteiger partial charge in [-0.2, -0.15) is 4.98 Å². The first kappa shape index (κ1) is 17.2. The number of piperidine rings is 1. The molecule has 0 aliphatic carbocycles. The number of anilines is 1. The van der Waals surface area contributed by atoms with Crippen LogP contribution >= 0.6 is 0 Å². The number of amides is 1. The molecule has 2 aliphatic heterocycles. The fourth-order valence-electron chi connectivity index (χ4n) is 4.42. The molecule has 28 heavy (non-hydrogen) atoms. The summed E-state index contributed by atoms with van der Waals surface area (Å²) in [6.45, 7) is 5.07. The Morgan fingerprint density at radius 2 is 1.89 bits per heavy atom. The van der Waals surface area contributed by atoms with Crippen LogP contribution in [0, 0.1) is 12.8 Å². The molecule has 4 heterocycles. The van der Waals surface area contributed by atoms with Crippen molar-refractivity contribution in [2.45, 2.75) is 32.7 Å². The quantitative estimate of drug-likeness (QED) is 0.684. The van der Waals surface area contributed by atoms with Crippen molar-refractivity contribution in [3.05, 3.63) is 47.4 Å². The normalized spacial score (nSPS) is 17.8. The molecule has 5 rings (SSSR count). The Morgan fingerprint density at radius 1 is 1.11 bits per heavy atom. The number of rotatable bonds is 2. The average molecular weight is 377 g/mol. The topological polar surface area (TPSA) is 75.4 Å². The van der Waals surface area contributed by atoms with E-state index in [-0.39, 0.29) is 5.92 Å². The highest BCUT2D eigenvalue weighted by atomic mass is 16.5. The minimum atomic E-state index is 0.0856. The summed E-state index contributed by atoms with van der Waals surface area (Å²) in [7, 11) is 0. The highest BCUT2D eigenvalue weighted by Gasteiger charge is 2.31. The monoisotopic (exact) mass is 377 g/mol. The van der Waals surface area contributed by atoms with Crippen molar-refractivity contribution in [3.8, 4) is 0 Å². The predicted octanol–water partition coefficient (Wildman–Crippen LogP) is 2.73. The molecule has 1 fully saturated rings. The molecule has 2 aromatic heterocycles. The average Bonchev–Trinajstić information content (AvgIpc) is 3.14. The molecule has 1 amide bonds. The van der Waals surface area contributed by atoms with Gasteiger partial charge in [0.25, 0.3) is 5.71 Å². The largest absolute Gasteiger partial charge is 0.356 e. The molecule has 0 bridgehead atoms. The van der Waals surface area contributed by atoms with E-state index in [1.54, 1.807) is 0 Å². The zero-order valence-electron chi connectivity index (χ0n) is 16.0. The van der Waals surface area contributed by atoms with Gasteiger partial charge in [-0.1, -0.05) is 29.4 Å². The zero-order chi connectivity index (χ0) is 19.1. The second kappa shape index (κ2) is 6.89. The second-order valence-electron chi connectivity index (χ2n) is 7.69. The summed E-state index contributed by atoms with van der Waals surface area (Å²) >= 11 is 0. The van der Waals surface area contributed by atoms with Gasteiger partial charge in [0.15, 0.2) is 0 Å². The molecule has 1 aromatic carbocycles. The van der Waals surface area contributed by atoms with Crippen LogP contribution in [0.15, 0.2) is 35.1 Å². The van der Waals surface area contributed by atoms with E-state index < -0.39 is 0 Å². The first-order chi connectivity index (χ1) is 13.7. The fraction of sp³-hybridized carbons (Fsp3) is 0.429. The first-order valence-corrected chi connectivity index (χ1v) is 9.88. The van der Waals surface area contributed by atoms with Gasteiger partial charge >= 0.3 is 0 Å². The van der Waals surface area contributed by atoms with Crippen LogP contribution in [0.1, 0.15) is 29.7 Å². The van der Waals surface area contributed by atoms with Crippen LogP contribution in [-0.4, -0.2) is 45.6 Å². The lowest BCUT2D eigenvalue weighted by Gasteiger charge is -2.36. The van der Waals surface area contributed by atoms with Gasteiger partial charge in [0.05, 0.1) is 5.69 Å². The number of hydrogen-bond donors (Lipinski definition) is 0. The molecule has 144 valence electrons. The molecule has 7 nitrogen and oxygen atoms in total. The predicted molar refractivity (Wildman–Crippen MR) is 105 cm³/mol. The third-order valence-corrected chi connectivity index (χ3v) is 6.01. The molecule has 2 aliphatic rings. The molecule has 7 heteroatoms. The van der Waals surface area contributed by atoms with Crippen LogP contribution in [0.4, 0.5) is 5.82 Å². The second-order valence-corrected chi connectivity index (χ2v) is 7.69. The molecule has 0 spiro atoms. The maximum atomic E-state index is 13.1. The van der Waals surface area contributed by atoms with Gasteiger partial charge in [-0.25, -0.2) is 4.98 Å². The third kappa shape index (κ3) is 2.91. The summed E-state index contributed by atoms with van der Waals surface area (Å²) < 4.78 is 5.26. The highest BCUT2D eigenvalue weighted by Crippen LogP contribution is 2.30. The number of carbonyl (C=O) groups is 1. The minimum absolute atomic E-state index is 0.0856. The van der Waals surface area contributed by atoms with E-state index in [0.29, 0.717) is 11.6 Å². The molecular weight excluding hydrogens is 354 g/mol. The molecule has 3 aromatic rings. The molecule has 0 N–H and O–H groups in total. The zero-order valence-corrected chi connectivity index (χ0v) is 16.0. The standard InChI is InChI=1S/C21H23N5O2/c1-14-18-19(22-13-23-20(18)28-24-14)25-9-7-16(8-10-25)21(27)26-11-6-15-4-2-3-5-17(15)12-26/h2-5,13,16H,6-12H2,1H3. The van der Waals surface area contributed by atoms with Crippen LogP contribution in [-0.2, 0) is 17.8 Å². The maximum Gasteiger partial charge on any atom is 0.263 e. The van der Waals surface area contributed by atoms with E-state index in [9.17, 15) is 4.79 Å². The summed E-state index contributed by atoms with van der Waals surface area (Å²) in [4.78, 5) is 26.0. The van der Waals surface area contributed by atoms with Crippen molar-refractivity contribution in [1.29, 1.82) is 0 Å².